The number of carbonyl (C=O) groups is 2. The Morgan fingerprint density at radius 1 is 1.28 bits per heavy atom. The van der Waals surface area contributed by atoms with Crippen LogP contribution in [-0.4, -0.2) is 49.9 Å². The number of rotatable bonds is 7. The molecule has 7 nitrogen and oxygen atoms in total. The molecule has 1 unspecified atom stereocenters. The van der Waals surface area contributed by atoms with Crippen LogP contribution in [0, 0.1) is 11.8 Å². The van der Waals surface area contributed by atoms with Crippen LogP contribution in [-0.2, 0) is 16.1 Å². The molecule has 1 aromatic carbocycles. The Balaban J connectivity index is 1.86. The quantitative estimate of drug-likeness (QED) is 0.484. The SMILES string of the molecule is CCC(C)C(=O)Nc1cccc(CNC(=NC)N2CCC(CC(=O)NC)CC2)c1. The molecule has 1 aromatic rings. The molecular formula is C22H35N5O2. The van der Waals surface area contributed by atoms with Crippen molar-refractivity contribution in [1.29, 1.82) is 0 Å². The third-order valence-electron chi connectivity index (χ3n) is 5.58. The van der Waals surface area contributed by atoms with E-state index in [1.165, 1.54) is 0 Å². The minimum absolute atomic E-state index is 0.00179. The molecule has 160 valence electrons. The molecule has 2 rings (SSSR count). The molecule has 0 bridgehead atoms. The zero-order valence-corrected chi connectivity index (χ0v) is 18.1. The average Bonchev–Trinajstić information content (AvgIpc) is 2.74. The molecule has 1 fully saturated rings. The Morgan fingerprint density at radius 2 is 2.00 bits per heavy atom. The van der Waals surface area contributed by atoms with E-state index in [4.69, 9.17) is 0 Å². The lowest BCUT2D eigenvalue weighted by Crippen LogP contribution is -2.45. The fraction of sp³-hybridized carbons (Fsp3) is 0.591. The van der Waals surface area contributed by atoms with Gasteiger partial charge in [0.05, 0.1) is 0 Å². The summed E-state index contributed by atoms with van der Waals surface area (Å²) in [5, 5.41) is 9.11. The van der Waals surface area contributed by atoms with E-state index in [1.54, 1.807) is 14.1 Å². The van der Waals surface area contributed by atoms with Gasteiger partial charge in [-0.15, -0.1) is 0 Å². The van der Waals surface area contributed by atoms with Crippen LogP contribution in [0.3, 0.4) is 0 Å². The first kappa shape index (κ1) is 22.7. The smallest absolute Gasteiger partial charge is 0.227 e. The first-order chi connectivity index (χ1) is 14.0. The number of carbonyl (C=O) groups excluding carboxylic acids is 2. The highest BCUT2D eigenvalue weighted by molar-refractivity contribution is 5.92. The Morgan fingerprint density at radius 3 is 2.62 bits per heavy atom. The van der Waals surface area contributed by atoms with Crippen molar-refractivity contribution in [3.05, 3.63) is 29.8 Å². The topological polar surface area (TPSA) is 85.8 Å². The maximum atomic E-state index is 12.1. The van der Waals surface area contributed by atoms with Gasteiger partial charge in [-0.1, -0.05) is 26.0 Å². The summed E-state index contributed by atoms with van der Waals surface area (Å²) in [6.45, 7) is 6.37. The highest BCUT2D eigenvalue weighted by Crippen LogP contribution is 2.20. The molecule has 1 heterocycles. The van der Waals surface area contributed by atoms with Gasteiger partial charge >= 0.3 is 0 Å². The first-order valence-electron chi connectivity index (χ1n) is 10.5. The highest BCUT2D eigenvalue weighted by atomic mass is 16.2. The van der Waals surface area contributed by atoms with E-state index in [9.17, 15) is 9.59 Å². The van der Waals surface area contributed by atoms with E-state index in [0.717, 1.165) is 49.6 Å². The van der Waals surface area contributed by atoms with E-state index in [2.05, 4.69) is 25.8 Å². The van der Waals surface area contributed by atoms with Gasteiger partial charge in [-0.05, 0) is 42.9 Å². The molecule has 7 heteroatoms. The summed E-state index contributed by atoms with van der Waals surface area (Å²) in [6.07, 6.45) is 3.41. The molecule has 2 amide bonds. The monoisotopic (exact) mass is 401 g/mol. The Labute approximate surface area is 174 Å². The molecule has 1 aliphatic rings. The molecule has 0 saturated carbocycles. The van der Waals surface area contributed by atoms with Crippen LogP contribution in [0.4, 0.5) is 5.69 Å². The molecule has 1 aliphatic heterocycles. The summed E-state index contributed by atoms with van der Waals surface area (Å²) in [4.78, 5) is 30.3. The van der Waals surface area contributed by atoms with Crippen molar-refractivity contribution in [3.63, 3.8) is 0 Å². The Hall–Kier alpha value is -2.57. The zero-order chi connectivity index (χ0) is 21.2. The molecule has 29 heavy (non-hydrogen) atoms. The van der Waals surface area contributed by atoms with Crippen LogP contribution in [0.1, 0.15) is 45.1 Å². The lowest BCUT2D eigenvalue weighted by molar-refractivity contribution is -0.122. The minimum Gasteiger partial charge on any atom is -0.359 e. The van der Waals surface area contributed by atoms with E-state index < -0.39 is 0 Å². The van der Waals surface area contributed by atoms with Gasteiger partial charge in [0, 0.05) is 51.8 Å². The third-order valence-corrected chi connectivity index (χ3v) is 5.58. The number of aliphatic imine (C=N–C) groups is 1. The number of guanidine groups is 1. The number of anilines is 1. The van der Waals surface area contributed by atoms with Crippen molar-refractivity contribution < 1.29 is 9.59 Å². The molecule has 3 N–H and O–H groups in total. The van der Waals surface area contributed by atoms with Gasteiger partial charge < -0.3 is 20.9 Å². The summed E-state index contributed by atoms with van der Waals surface area (Å²) in [6, 6.07) is 7.90. The predicted octanol–water partition coefficient (Wildman–Crippen LogP) is 2.59. The van der Waals surface area contributed by atoms with Gasteiger partial charge in [-0.25, -0.2) is 0 Å². The van der Waals surface area contributed by atoms with Crippen molar-refractivity contribution in [2.45, 2.75) is 46.1 Å². The summed E-state index contributed by atoms with van der Waals surface area (Å²) in [5.74, 6) is 1.48. The van der Waals surface area contributed by atoms with Crippen molar-refractivity contribution in [2.24, 2.45) is 16.8 Å². The zero-order valence-electron chi connectivity index (χ0n) is 18.1. The Bertz CT molecular complexity index is 711. The molecule has 0 aliphatic carbocycles. The van der Waals surface area contributed by atoms with Crippen LogP contribution in [0.15, 0.2) is 29.3 Å². The van der Waals surface area contributed by atoms with Crippen molar-refractivity contribution in [1.82, 2.24) is 15.5 Å². The van der Waals surface area contributed by atoms with E-state index in [1.807, 2.05) is 38.1 Å². The van der Waals surface area contributed by atoms with Crippen molar-refractivity contribution in [2.75, 3.05) is 32.5 Å². The number of likely N-dealkylation sites (tertiary alicyclic amines) is 1. The summed E-state index contributed by atoms with van der Waals surface area (Å²) in [5.41, 5.74) is 1.90. The van der Waals surface area contributed by atoms with Gasteiger partial charge in [0.2, 0.25) is 11.8 Å². The number of piperidine rings is 1. The fourth-order valence-corrected chi connectivity index (χ4v) is 3.44. The maximum Gasteiger partial charge on any atom is 0.227 e. The second kappa shape index (κ2) is 11.4. The molecule has 1 atom stereocenters. The fourth-order valence-electron chi connectivity index (χ4n) is 3.44. The number of hydrogen-bond donors (Lipinski definition) is 3. The van der Waals surface area contributed by atoms with Gasteiger partial charge in [0.15, 0.2) is 5.96 Å². The third kappa shape index (κ3) is 7.07. The van der Waals surface area contributed by atoms with Crippen molar-refractivity contribution in [3.8, 4) is 0 Å². The van der Waals surface area contributed by atoms with Crippen LogP contribution < -0.4 is 16.0 Å². The largest absolute Gasteiger partial charge is 0.359 e. The van der Waals surface area contributed by atoms with Gasteiger partial charge in [0.1, 0.15) is 0 Å². The standard InChI is InChI=1S/C22H35N5O2/c1-5-16(2)21(29)26-19-8-6-7-18(13-19)15-25-22(24-4)27-11-9-17(10-12-27)14-20(28)23-3/h6-8,13,16-17H,5,9-12,14-15H2,1-4H3,(H,23,28)(H,24,25)(H,26,29). The molecule has 0 radical (unpaired) electrons. The Kier molecular flexibility index (Phi) is 8.96. The lowest BCUT2D eigenvalue weighted by atomic mass is 9.93. The van der Waals surface area contributed by atoms with Crippen LogP contribution >= 0.6 is 0 Å². The lowest BCUT2D eigenvalue weighted by Gasteiger charge is -2.34. The maximum absolute atomic E-state index is 12.1. The van der Waals surface area contributed by atoms with E-state index in [-0.39, 0.29) is 17.7 Å². The van der Waals surface area contributed by atoms with Gasteiger partial charge in [0.25, 0.3) is 0 Å². The number of nitrogens with zero attached hydrogens (tertiary/aromatic N) is 2. The van der Waals surface area contributed by atoms with Crippen LogP contribution in [0.5, 0.6) is 0 Å². The van der Waals surface area contributed by atoms with E-state index >= 15 is 0 Å². The van der Waals surface area contributed by atoms with E-state index in [0.29, 0.717) is 18.9 Å². The summed E-state index contributed by atoms with van der Waals surface area (Å²) in [7, 11) is 3.48. The number of benzene rings is 1. The summed E-state index contributed by atoms with van der Waals surface area (Å²) < 4.78 is 0. The van der Waals surface area contributed by atoms with Gasteiger partial charge in [-0.2, -0.15) is 0 Å². The highest BCUT2D eigenvalue weighted by Gasteiger charge is 2.23. The number of amides is 2. The molecule has 0 aromatic heterocycles. The number of nitrogens with one attached hydrogen (secondary N) is 3. The molecule has 0 spiro atoms. The van der Waals surface area contributed by atoms with Crippen molar-refractivity contribution >= 4 is 23.5 Å². The molecular weight excluding hydrogens is 366 g/mol. The normalized spacial score (nSPS) is 16.3. The second-order valence-corrected chi connectivity index (χ2v) is 7.71. The van der Waals surface area contributed by atoms with Crippen LogP contribution in [0.25, 0.3) is 0 Å². The summed E-state index contributed by atoms with van der Waals surface area (Å²) >= 11 is 0. The average molecular weight is 402 g/mol. The second-order valence-electron chi connectivity index (χ2n) is 7.71. The number of hydrogen-bond acceptors (Lipinski definition) is 3. The predicted molar refractivity (Wildman–Crippen MR) is 118 cm³/mol. The van der Waals surface area contributed by atoms with Gasteiger partial charge in [-0.3, -0.25) is 14.6 Å². The molecule has 1 saturated heterocycles. The minimum atomic E-state index is 0.00179. The first-order valence-corrected chi connectivity index (χ1v) is 10.5. The van der Waals surface area contributed by atoms with Crippen LogP contribution in [0.2, 0.25) is 0 Å².